The number of thiocarbonyl (C=S) groups is 1. The van der Waals surface area contributed by atoms with E-state index in [1.54, 1.807) is 12.3 Å². The maximum Gasteiger partial charge on any atom is 0.223 e. The average molecular weight is 268 g/mol. The van der Waals surface area contributed by atoms with Crippen molar-refractivity contribution in [3.63, 3.8) is 0 Å². The summed E-state index contributed by atoms with van der Waals surface area (Å²) < 4.78 is 0.294. The Morgan fingerprint density at radius 1 is 1.71 bits per heavy atom. The Balaban J connectivity index is 1.99. The number of nitrogens with one attached hydrogen (secondary N) is 1. The van der Waals surface area contributed by atoms with Crippen LogP contribution in [0.1, 0.15) is 25.5 Å². The van der Waals surface area contributed by atoms with E-state index in [0.29, 0.717) is 21.4 Å². The predicted molar refractivity (Wildman–Crippen MR) is 76.5 cm³/mol. The molecule has 3 N–H and O–H groups in total. The van der Waals surface area contributed by atoms with E-state index in [-0.39, 0.29) is 0 Å². The second kappa shape index (κ2) is 5.18. The van der Waals surface area contributed by atoms with Crippen molar-refractivity contribution in [1.82, 2.24) is 9.97 Å². The molecular weight excluding hydrogens is 252 g/mol. The molecule has 1 aliphatic rings. The Morgan fingerprint density at radius 3 is 3.18 bits per heavy atom. The molecule has 1 aromatic heterocycles. The number of aromatic nitrogens is 2. The largest absolute Gasteiger partial charge is 0.388 e. The van der Waals surface area contributed by atoms with E-state index in [0.717, 1.165) is 6.54 Å². The average Bonchev–Trinajstić information content (AvgIpc) is 2.75. The molecule has 4 nitrogen and oxygen atoms in total. The minimum absolute atomic E-state index is 0.294. The van der Waals surface area contributed by atoms with Gasteiger partial charge in [-0.15, -0.1) is 0 Å². The van der Waals surface area contributed by atoms with E-state index in [2.05, 4.69) is 22.2 Å². The molecule has 1 aliphatic heterocycles. The molecule has 1 fully saturated rings. The fourth-order valence-electron chi connectivity index (χ4n) is 1.82. The maximum atomic E-state index is 5.54. The van der Waals surface area contributed by atoms with Crippen LogP contribution in [0, 0.1) is 0 Å². The number of anilines is 1. The Morgan fingerprint density at radius 2 is 2.53 bits per heavy atom. The van der Waals surface area contributed by atoms with Gasteiger partial charge in [0.1, 0.15) is 10.7 Å². The van der Waals surface area contributed by atoms with Crippen molar-refractivity contribution in [3.8, 4) is 0 Å². The quantitative estimate of drug-likeness (QED) is 0.812. The monoisotopic (exact) mass is 268 g/mol. The molecule has 17 heavy (non-hydrogen) atoms. The molecule has 0 aliphatic carbocycles. The van der Waals surface area contributed by atoms with E-state index in [4.69, 9.17) is 18.0 Å². The molecule has 0 spiro atoms. The van der Waals surface area contributed by atoms with Crippen LogP contribution in [0.4, 0.5) is 5.95 Å². The van der Waals surface area contributed by atoms with Crippen LogP contribution in [-0.2, 0) is 0 Å². The van der Waals surface area contributed by atoms with Crippen molar-refractivity contribution >= 4 is 34.9 Å². The third-order valence-electron chi connectivity index (χ3n) is 2.83. The Hall–Kier alpha value is -0.880. The van der Waals surface area contributed by atoms with Crippen LogP contribution >= 0.6 is 24.0 Å². The molecule has 0 saturated carbocycles. The zero-order valence-electron chi connectivity index (χ0n) is 9.77. The normalized spacial score (nSPS) is 23.6. The van der Waals surface area contributed by atoms with Gasteiger partial charge in [-0.05, 0) is 31.6 Å². The lowest BCUT2D eigenvalue weighted by Crippen LogP contribution is -2.28. The molecule has 0 radical (unpaired) electrons. The number of rotatable bonds is 4. The summed E-state index contributed by atoms with van der Waals surface area (Å²) in [4.78, 5) is 8.74. The molecule has 2 rings (SSSR count). The zero-order chi connectivity index (χ0) is 12.3. The first kappa shape index (κ1) is 12.6. The first-order valence-electron chi connectivity index (χ1n) is 5.60. The molecule has 2 heterocycles. The van der Waals surface area contributed by atoms with Crippen molar-refractivity contribution in [2.75, 3.05) is 17.6 Å². The topological polar surface area (TPSA) is 63.8 Å². The van der Waals surface area contributed by atoms with Crippen LogP contribution < -0.4 is 11.1 Å². The summed E-state index contributed by atoms with van der Waals surface area (Å²) >= 11 is 6.90. The minimum Gasteiger partial charge on any atom is -0.388 e. The zero-order valence-corrected chi connectivity index (χ0v) is 11.4. The highest BCUT2D eigenvalue weighted by Crippen LogP contribution is 2.37. The van der Waals surface area contributed by atoms with Crippen LogP contribution in [0.3, 0.4) is 0 Å². The van der Waals surface area contributed by atoms with Gasteiger partial charge in [0.05, 0.1) is 0 Å². The number of hydrogen-bond acceptors (Lipinski definition) is 5. The van der Waals surface area contributed by atoms with Crippen LogP contribution in [0.15, 0.2) is 12.3 Å². The van der Waals surface area contributed by atoms with Gasteiger partial charge in [-0.25, -0.2) is 9.97 Å². The highest BCUT2D eigenvalue weighted by atomic mass is 32.2. The smallest absolute Gasteiger partial charge is 0.223 e. The van der Waals surface area contributed by atoms with Gasteiger partial charge in [0, 0.05) is 17.5 Å². The molecule has 1 atom stereocenters. The molecule has 1 aromatic rings. The van der Waals surface area contributed by atoms with Gasteiger partial charge in [-0.3, -0.25) is 0 Å². The summed E-state index contributed by atoms with van der Waals surface area (Å²) in [5, 5.41) is 3.26. The first-order valence-corrected chi connectivity index (χ1v) is 6.99. The Labute approximate surface area is 111 Å². The van der Waals surface area contributed by atoms with Crippen LogP contribution in [-0.4, -0.2) is 32.0 Å². The summed E-state index contributed by atoms with van der Waals surface area (Å²) in [7, 11) is 0. The van der Waals surface area contributed by atoms with Gasteiger partial charge >= 0.3 is 0 Å². The third-order valence-corrected chi connectivity index (χ3v) is 4.58. The Bertz CT molecular complexity index is 416. The highest BCUT2D eigenvalue weighted by molar-refractivity contribution is 8.00. The molecule has 1 unspecified atom stereocenters. The lowest BCUT2D eigenvalue weighted by atomic mass is 10.1. The first-order chi connectivity index (χ1) is 8.09. The molecule has 0 bridgehead atoms. The maximum absolute atomic E-state index is 5.54. The molecule has 6 heteroatoms. The third kappa shape index (κ3) is 3.29. The standard InChI is InChI=1S/C11H16N4S2/c1-11(4-2-6-17-11)7-14-10-13-5-3-8(15-10)9(12)16/h3,5H,2,4,6-7H2,1H3,(H2,12,16)(H,13,14,15). The van der Waals surface area contributed by atoms with Crippen molar-refractivity contribution in [3.05, 3.63) is 18.0 Å². The van der Waals surface area contributed by atoms with Crippen molar-refractivity contribution < 1.29 is 0 Å². The fourth-order valence-corrected chi connectivity index (χ4v) is 3.18. The second-order valence-electron chi connectivity index (χ2n) is 4.39. The fraction of sp³-hybridized carbons (Fsp3) is 0.545. The van der Waals surface area contributed by atoms with Gasteiger partial charge in [0.15, 0.2) is 0 Å². The SMILES string of the molecule is CC1(CNc2nccc(C(N)=S)n2)CCCS1. The Kier molecular flexibility index (Phi) is 3.83. The van der Waals surface area contributed by atoms with Crippen LogP contribution in [0.5, 0.6) is 0 Å². The van der Waals surface area contributed by atoms with Crippen LogP contribution in [0.2, 0.25) is 0 Å². The van der Waals surface area contributed by atoms with Crippen LogP contribution in [0.25, 0.3) is 0 Å². The van der Waals surface area contributed by atoms with Crippen molar-refractivity contribution in [1.29, 1.82) is 0 Å². The number of thioether (sulfide) groups is 1. The van der Waals surface area contributed by atoms with E-state index in [1.165, 1.54) is 18.6 Å². The van der Waals surface area contributed by atoms with Gasteiger partial charge in [-0.2, -0.15) is 11.8 Å². The molecule has 0 aromatic carbocycles. The van der Waals surface area contributed by atoms with Crippen molar-refractivity contribution in [2.45, 2.75) is 24.5 Å². The second-order valence-corrected chi connectivity index (χ2v) is 6.51. The lowest BCUT2D eigenvalue weighted by Gasteiger charge is -2.22. The predicted octanol–water partition coefficient (Wildman–Crippen LogP) is 1.81. The van der Waals surface area contributed by atoms with Gasteiger partial charge in [-0.1, -0.05) is 12.2 Å². The highest BCUT2D eigenvalue weighted by Gasteiger charge is 2.29. The summed E-state index contributed by atoms with van der Waals surface area (Å²) in [5.74, 6) is 1.84. The summed E-state index contributed by atoms with van der Waals surface area (Å²) in [6, 6.07) is 1.72. The molecule has 92 valence electrons. The summed E-state index contributed by atoms with van der Waals surface area (Å²) in [5.41, 5.74) is 6.15. The molecule has 1 saturated heterocycles. The number of nitrogens with two attached hydrogens (primary N) is 1. The number of hydrogen-bond donors (Lipinski definition) is 2. The van der Waals surface area contributed by atoms with Gasteiger partial charge in [0.25, 0.3) is 0 Å². The summed E-state index contributed by atoms with van der Waals surface area (Å²) in [6.07, 6.45) is 4.20. The van der Waals surface area contributed by atoms with Crippen molar-refractivity contribution in [2.24, 2.45) is 5.73 Å². The summed E-state index contributed by atoms with van der Waals surface area (Å²) in [6.45, 7) is 3.15. The van der Waals surface area contributed by atoms with E-state index >= 15 is 0 Å². The van der Waals surface area contributed by atoms with E-state index in [9.17, 15) is 0 Å². The van der Waals surface area contributed by atoms with Gasteiger partial charge in [0.2, 0.25) is 5.95 Å². The molecular formula is C11H16N4S2. The minimum atomic E-state index is 0.294. The van der Waals surface area contributed by atoms with Gasteiger partial charge < -0.3 is 11.1 Å². The lowest BCUT2D eigenvalue weighted by molar-refractivity contribution is 0.632. The van der Waals surface area contributed by atoms with E-state index in [1.807, 2.05) is 11.8 Å². The van der Waals surface area contributed by atoms with E-state index < -0.39 is 0 Å². The number of nitrogens with zero attached hydrogens (tertiary/aromatic N) is 2. The molecule has 0 amide bonds.